The summed E-state index contributed by atoms with van der Waals surface area (Å²) in [6.07, 6.45) is 3.76. The maximum Gasteiger partial charge on any atom is 0.244 e. The fraction of sp³-hybridized carbons (Fsp3) is 0.250. The van der Waals surface area contributed by atoms with E-state index >= 15 is 0 Å². The third-order valence-electron chi connectivity index (χ3n) is 2.66. The summed E-state index contributed by atoms with van der Waals surface area (Å²) in [5.41, 5.74) is 0.643. The number of aromatic nitrogens is 3. The number of rotatable bonds is 4. The Kier molecular flexibility index (Phi) is 3.16. The van der Waals surface area contributed by atoms with Crippen LogP contribution in [-0.2, 0) is 0 Å². The van der Waals surface area contributed by atoms with Crippen molar-refractivity contribution in [1.82, 2.24) is 15.2 Å². The molecule has 98 valence electrons. The van der Waals surface area contributed by atoms with Gasteiger partial charge in [-0.3, -0.25) is 0 Å². The van der Waals surface area contributed by atoms with Gasteiger partial charge < -0.3 is 10.6 Å². The van der Waals surface area contributed by atoms with E-state index in [2.05, 4.69) is 25.8 Å². The molecule has 1 fully saturated rings. The molecule has 1 heterocycles. The average Bonchev–Trinajstić information content (AvgIpc) is 3.18. The second-order valence-corrected chi connectivity index (χ2v) is 4.74. The molecule has 1 saturated carbocycles. The number of nitrogens with one attached hydrogen (secondary N) is 2. The van der Waals surface area contributed by atoms with Gasteiger partial charge in [0, 0.05) is 11.7 Å². The maximum absolute atomic E-state index is 13.0. The first-order valence-corrected chi connectivity index (χ1v) is 6.27. The van der Waals surface area contributed by atoms with E-state index in [1.165, 1.54) is 18.3 Å². The number of anilines is 3. The van der Waals surface area contributed by atoms with Crippen LogP contribution in [0.5, 0.6) is 0 Å². The highest BCUT2D eigenvalue weighted by atomic mass is 35.5. The molecule has 1 aliphatic carbocycles. The zero-order chi connectivity index (χ0) is 13.2. The van der Waals surface area contributed by atoms with Crippen LogP contribution < -0.4 is 10.6 Å². The minimum absolute atomic E-state index is 0.0587. The van der Waals surface area contributed by atoms with Gasteiger partial charge in [-0.15, -0.1) is 5.10 Å². The molecule has 7 heteroatoms. The monoisotopic (exact) mass is 279 g/mol. The van der Waals surface area contributed by atoms with E-state index in [-0.39, 0.29) is 5.02 Å². The van der Waals surface area contributed by atoms with Gasteiger partial charge in [0.25, 0.3) is 0 Å². The Hall–Kier alpha value is -1.95. The summed E-state index contributed by atoms with van der Waals surface area (Å²) in [5, 5.41) is 14.0. The van der Waals surface area contributed by atoms with Crippen LogP contribution in [0.2, 0.25) is 5.02 Å². The number of hydrogen-bond donors (Lipinski definition) is 2. The summed E-state index contributed by atoms with van der Waals surface area (Å²) < 4.78 is 13.0. The summed E-state index contributed by atoms with van der Waals surface area (Å²) in [7, 11) is 0. The van der Waals surface area contributed by atoms with Crippen LogP contribution in [-0.4, -0.2) is 21.2 Å². The Bertz CT molecular complexity index is 602. The fourth-order valence-corrected chi connectivity index (χ4v) is 1.74. The zero-order valence-corrected chi connectivity index (χ0v) is 10.7. The Balaban J connectivity index is 1.75. The van der Waals surface area contributed by atoms with Crippen LogP contribution in [0.1, 0.15) is 12.8 Å². The van der Waals surface area contributed by atoms with Gasteiger partial charge in [-0.1, -0.05) is 11.6 Å². The lowest BCUT2D eigenvalue weighted by Gasteiger charge is -2.07. The van der Waals surface area contributed by atoms with Gasteiger partial charge in [-0.05, 0) is 31.0 Å². The molecule has 0 unspecified atom stereocenters. The number of nitrogens with zero attached hydrogens (tertiary/aromatic N) is 3. The van der Waals surface area contributed by atoms with Crippen molar-refractivity contribution < 1.29 is 4.39 Å². The molecule has 2 N–H and O–H groups in total. The van der Waals surface area contributed by atoms with E-state index in [1.807, 2.05) is 0 Å². The van der Waals surface area contributed by atoms with E-state index < -0.39 is 5.82 Å². The molecule has 0 spiro atoms. The van der Waals surface area contributed by atoms with E-state index in [9.17, 15) is 4.39 Å². The van der Waals surface area contributed by atoms with E-state index in [0.29, 0.717) is 23.5 Å². The van der Waals surface area contributed by atoms with Crippen molar-refractivity contribution in [2.24, 2.45) is 0 Å². The van der Waals surface area contributed by atoms with Crippen LogP contribution in [0.25, 0.3) is 0 Å². The zero-order valence-electron chi connectivity index (χ0n) is 9.90. The molecule has 1 aliphatic rings. The van der Waals surface area contributed by atoms with Crippen LogP contribution >= 0.6 is 11.6 Å². The van der Waals surface area contributed by atoms with E-state index in [0.717, 1.165) is 12.8 Å². The van der Waals surface area contributed by atoms with Crippen molar-refractivity contribution >= 4 is 29.1 Å². The van der Waals surface area contributed by atoms with Crippen LogP contribution in [0.4, 0.5) is 21.8 Å². The lowest BCUT2D eigenvalue weighted by molar-refractivity contribution is 0.628. The highest BCUT2D eigenvalue weighted by molar-refractivity contribution is 6.31. The van der Waals surface area contributed by atoms with Gasteiger partial charge in [-0.25, -0.2) is 4.39 Å². The molecule has 2 aromatic rings. The summed E-state index contributed by atoms with van der Waals surface area (Å²) in [5.74, 6) is 0.561. The molecule has 0 saturated heterocycles. The standard InChI is InChI=1S/C12H11ClFN5/c13-9-5-8(3-4-10(9)14)16-11-6-15-19-12(18-11)17-7-1-2-7/h3-7H,1-2H2,(H2,16,17,18,19). The van der Waals surface area contributed by atoms with Gasteiger partial charge in [0.2, 0.25) is 5.95 Å². The molecule has 0 atom stereocenters. The summed E-state index contributed by atoms with van der Waals surface area (Å²) in [6, 6.07) is 4.82. The highest BCUT2D eigenvalue weighted by Crippen LogP contribution is 2.24. The van der Waals surface area contributed by atoms with Crippen LogP contribution in [0.15, 0.2) is 24.4 Å². The van der Waals surface area contributed by atoms with Crippen molar-refractivity contribution in [1.29, 1.82) is 0 Å². The normalized spacial score (nSPS) is 14.2. The first-order valence-electron chi connectivity index (χ1n) is 5.89. The smallest absolute Gasteiger partial charge is 0.244 e. The van der Waals surface area contributed by atoms with Crippen molar-refractivity contribution in [3.63, 3.8) is 0 Å². The van der Waals surface area contributed by atoms with E-state index in [4.69, 9.17) is 11.6 Å². The van der Waals surface area contributed by atoms with Gasteiger partial charge in [0.1, 0.15) is 5.82 Å². The minimum Gasteiger partial charge on any atom is -0.350 e. The minimum atomic E-state index is -0.455. The van der Waals surface area contributed by atoms with Crippen molar-refractivity contribution in [3.8, 4) is 0 Å². The third kappa shape index (κ3) is 3.08. The molecule has 5 nitrogen and oxygen atoms in total. The second-order valence-electron chi connectivity index (χ2n) is 4.34. The molecule has 0 aliphatic heterocycles. The summed E-state index contributed by atoms with van der Waals surface area (Å²) >= 11 is 5.71. The fourth-order valence-electron chi connectivity index (χ4n) is 1.56. The molecule has 0 radical (unpaired) electrons. The molecule has 0 amide bonds. The summed E-state index contributed by atoms with van der Waals surface area (Å²) in [4.78, 5) is 4.27. The quantitative estimate of drug-likeness (QED) is 0.901. The average molecular weight is 280 g/mol. The molecule has 3 rings (SSSR count). The van der Waals surface area contributed by atoms with Gasteiger partial charge >= 0.3 is 0 Å². The lowest BCUT2D eigenvalue weighted by Crippen LogP contribution is -2.07. The molecule has 1 aromatic carbocycles. The Morgan fingerprint density at radius 1 is 1.32 bits per heavy atom. The molecule has 19 heavy (non-hydrogen) atoms. The SMILES string of the molecule is Fc1ccc(Nc2cnnc(NC3CC3)n2)cc1Cl. The van der Waals surface area contributed by atoms with Crippen molar-refractivity contribution in [2.75, 3.05) is 10.6 Å². The number of halogens is 2. The molecular weight excluding hydrogens is 269 g/mol. The predicted molar refractivity (Wildman–Crippen MR) is 71.2 cm³/mol. The number of hydrogen-bond acceptors (Lipinski definition) is 5. The Morgan fingerprint density at radius 3 is 2.89 bits per heavy atom. The Morgan fingerprint density at radius 2 is 2.16 bits per heavy atom. The largest absolute Gasteiger partial charge is 0.350 e. The Labute approximate surface area is 114 Å². The number of benzene rings is 1. The van der Waals surface area contributed by atoms with Crippen molar-refractivity contribution in [3.05, 3.63) is 35.2 Å². The van der Waals surface area contributed by atoms with Gasteiger partial charge in [0.05, 0.1) is 11.2 Å². The third-order valence-corrected chi connectivity index (χ3v) is 2.95. The lowest BCUT2D eigenvalue weighted by atomic mass is 10.3. The molecular formula is C12H11ClFN5. The van der Waals surface area contributed by atoms with Crippen LogP contribution in [0, 0.1) is 5.82 Å². The van der Waals surface area contributed by atoms with Crippen LogP contribution in [0.3, 0.4) is 0 Å². The second kappa shape index (κ2) is 4.97. The predicted octanol–water partition coefficient (Wildman–Crippen LogP) is 2.98. The van der Waals surface area contributed by atoms with E-state index in [1.54, 1.807) is 6.07 Å². The first kappa shape index (κ1) is 12.1. The first-order chi connectivity index (χ1) is 9.20. The van der Waals surface area contributed by atoms with Gasteiger partial charge in [-0.2, -0.15) is 10.1 Å². The maximum atomic E-state index is 13.0. The van der Waals surface area contributed by atoms with Gasteiger partial charge in [0.15, 0.2) is 5.82 Å². The topological polar surface area (TPSA) is 62.7 Å². The molecule has 1 aromatic heterocycles. The highest BCUT2D eigenvalue weighted by Gasteiger charge is 2.22. The van der Waals surface area contributed by atoms with Crippen molar-refractivity contribution in [2.45, 2.75) is 18.9 Å². The summed E-state index contributed by atoms with van der Waals surface area (Å²) in [6.45, 7) is 0. The molecule has 0 bridgehead atoms.